The van der Waals surface area contributed by atoms with Crippen LogP contribution in [0.5, 0.6) is 0 Å². The van der Waals surface area contributed by atoms with E-state index in [9.17, 15) is 19.5 Å². The van der Waals surface area contributed by atoms with Gasteiger partial charge in [-0.05, 0) is 38.0 Å². The molecule has 0 spiro atoms. The van der Waals surface area contributed by atoms with Crippen molar-refractivity contribution in [3.63, 3.8) is 0 Å². The van der Waals surface area contributed by atoms with E-state index >= 15 is 0 Å². The van der Waals surface area contributed by atoms with Gasteiger partial charge in [-0.1, -0.05) is 12.1 Å². The van der Waals surface area contributed by atoms with E-state index in [0.717, 1.165) is 22.5 Å². The predicted molar refractivity (Wildman–Crippen MR) is 116 cm³/mol. The van der Waals surface area contributed by atoms with Gasteiger partial charge in [0.15, 0.2) is 0 Å². The molecular formula is C21H23N3O5S. The average Bonchev–Trinajstić information content (AvgIpc) is 3.14. The van der Waals surface area contributed by atoms with Crippen LogP contribution in [-0.4, -0.2) is 40.3 Å². The number of benzene rings is 1. The number of carboxylic acid groups (broad SMARTS) is 1. The van der Waals surface area contributed by atoms with E-state index in [1.165, 1.54) is 17.1 Å². The van der Waals surface area contributed by atoms with Crippen LogP contribution in [0.2, 0.25) is 0 Å². The Morgan fingerprint density at radius 3 is 2.73 bits per heavy atom. The number of carboxylic acids is 1. The molecule has 8 nitrogen and oxygen atoms in total. The fourth-order valence-corrected chi connectivity index (χ4v) is 4.13. The lowest BCUT2D eigenvalue weighted by atomic mass is 10.1. The van der Waals surface area contributed by atoms with Crippen LogP contribution in [0.4, 0.5) is 5.69 Å². The normalized spacial score (nSPS) is 12.1. The Bertz CT molecular complexity index is 1180. The van der Waals surface area contributed by atoms with Crippen LogP contribution in [0.25, 0.3) is 10.2 Å². The highest BCUT2D eigenvalue weighted by Gasteiger charge is 2.25. The van der Waals surface area contributed by atoms with Crippen molar-refractivity contribution in [1.82, 2.24) is 9.55 Å². The van der Waals surface area contributed by atoms with Crippen LogP contribution in [-0.2, 0) is 16.0 Å². The molecular weight excluding hydrogens is 406 g/mol. The smallest absolute Gasteiger partial charge is 0.337 e. The standard InChI is InChI=1S/C21H23N3O5S/c1-11-6-5-7-15(12(11)2)22-18(25)13(3)24-16(8-9-29-4)23-19-17(20(24)26)14(10-30-19)21(27)28/h5-7,10,13H,8-9H2,1-4H3,(H,22,25)(H,27,28). The van der Waals surface area contributed by atoms with Gasteiger partial charge in [0.1, 0.15) is 16.7 Å². The van der Waals surface area contributed by atoms with Gasteiger partial charge in [-0.3, -0.25) is 14.2 Å². The fraction of sp³-hybridized carbons (Fsp3) is 0.333. The van der Waals surface area contributed by atoms with E-state index in [1.807, 2.05) is 26.0 Å². The van der Waals surface area contributed by atoms with Gasteiger partial charge in [-0.2, -0.15) is 0 Å². The maximum atomic E-state index is 13.3. The lowest BCUT2D eigenvalue weighted by Crippen LogP contribution is -2.35. The summed E-state index contributed by atoms with van der Waals surface area (Å²) in [6, 6.07) is 4.69. The van der Waals surface area contributed by atoms with Crippen LogP contribution in [0.15, 0.2) is 28.4 Å². The molecule has 1 atom stereocenters. The van der Waals surface area contributed by atoms with Crippen LogP contribution in [0.1, 0.15) is 40.3 Å². The summed E-state index contributed by atoms with van der Waals surface area (Å²) in [6.07, 6.45) is 0.309. The lowest BCUT2D eigenvalue weighted by molar-refractivity contribution is -0.119. The van der Waals surface area contributed by atoms with Gasteiger partial charge in [-0.15, -0.1) is 11.3 Å². The Morgan fingerprint density at radius 1 is 1.33 bits per heavy atom. The summed E-state index contributed by atoms with van der Waals surface area (Å²) in [5, 5.41) is 13.7. The minimum absolute atomic E-state index is 0.0139. The van der Waals surface area contributed by atoms with Gasteiger partial charge in [0, 0.05) is 24.6 Å². The molecule has 0 aliphatic rings. The molecule has 0 saturated carbocycles. The number of hydrogen-bond donors (Lipinski definition) is 2. The first-order valence-electron chi connectivity index (χ1n) is 9.38. The summed E-state index contributed by atoms with van der Waals surface area (Å²) < 4.78 is 6.38. The molecule has 0 radical (unpaired) electrons. The van der Waals surface area contributed by atoms with Crippen molar-refractivity contribution in [3.05, 3.63) is 56.4 Å². The Balaban J connectivity index is 2.09. The largest absolute Gasteiger partial charge is 0.478 e. The zero-order valence-corrected chi connectivity index (χ0v) is 18.0. The summed E-state index contributed by atoms with van der Waals surface area (Å²) in [7, 11) is 1.53. The lowest BCUT2D eigenvalue weighted by Gasteiger charge is -2.20. The number of carbonyl (C=O) groups excluding carboxylic acids is 1. The second kappa shape index (κ2) is 8.76. The summed E-state index contributed by atoms with van der Waals surface area (Å²) in [6.45, 7) is 5.76. The first-order chi connectivity index (χ1) is 14.3. The number of carbonyl (C=O) groups is 2. The topological polar surface area (TPSA) is 111 Å². The van der Waals surface area contributed by atoms with Crippen molar-refractivity contribution in [1.29, 1.82) is 0 Å². The number of hydrogen-bond acceptors (Lipinski definition) is 6. The molecule has 0 bridgehead atoms. The minimum atomic E-state index is -1.20. The van der Waals surface area contributed by atoms with Gasteiger partial charge in [0.25, 0.3) is 5.56 Å². The molecule has 2 heterocycles. The van der Waals surface area contributed by atoms with E-state index in [2.05, 4.69) is 10.3 Å². The number of aromatic carboxylic acids is 1. The highest BCUT2D eigenvalue weighted by Crippen LogP contribution is 2.24. The number of methoxy groups -OCH3 is 1. The molecule has 0 saturated heterocycles. The van der Waals surface area contributed by atoms with Crippen molar-refractivity contribution in [3.8, 4) is 0 Å². The summed E-state index contributed by atoms with van der Waals surface area (Å²) in [5.74, 6) is -1.22. The maximum Gasteiger partial charge on any atom is 0.337 e. The molecule has 3 rings (SSSR count). The van der Waals surface area contributed by atoms with Crippen molar-refractivity contribution in [2.24, 2.45) is 0 Å². The predicted octanol–water partition coefficient (Wildman–Crippen LogP) is 3.16. The molecule has 1 amide bonds. The van der Waals surface area contributed by atoms with Crippen LogP contribution in [0.3, 0.4) is 0 Å². The molecule has 0 fully saturated rings. The molecule has 3 aromatic rings. The van der Waals surface area contributed by atoms with Gasteiger partial charge >= 0.3 is 5.97 Å². The SMILES string of the molecule is COCCc1nc2scc(C(=O)O)c2c(=O)n1C(C)C(=O)Nc1cccc(C)c1C. The summed E-state index contributed by atoms with van der Waals surface area (Å²) in [4.78, 5) is 42.6. The number of anilines is 1. The molecule has 2 aromatic heterocycles. The third-order valence-corrected chi connectivity index (χ3v) is 5.97. The number of fused-ring (bicyclic) bond motifs is 1. The van der Waals surface area contributed by atoms with E-state index in [4.69, 9.17) is 4.74 Å². The highest BCUT2D eigenvalue weighted by atomic mass is 32.1. The van der Waals surface area contributed by atoms with Crippen molar-refractivity contribution < 1.29 is 19.4 Å². The highest BCUT2D eigenvalue weighted by molar-refractivity contribution is 7.17. The van der Waals surface area contributed by atoms with Gasteiger partial charge in [0.2, 0.25) is 5.91 Å². The number of rotatable bonds is 7. The molecule has 158 valence electrons. The quantitative estimate of drug-likeness (QED) is 0.597. The number of ether oxygens (including phenoxy) is 1. The third kappa shape index (κ3) is 3.99. The third-order valence-electron chi connectivity index (χ3n) is 5.10. The first-order valence-corrected chi connectivity index (χ1v) is 10.3. The van der Waals surface area contributed by atoms with Gasteiger partial charge in [-0.25, -0.2) is 9.78 Å². The Kier molecular flexibility index (Phi) is 6.33. The monoisotopic (exact) mass is 429 g/mol. The molecule has 2 N–H and O–H groups in total. The van der Waals surface area contributed by atoms with Crippen LogP contribution >= 0.6 is 11.3 Å². The van der Waals surface area contributed by atoms with E-state index in [0.29, 0.717) is 29.4 Å². The number of thiophene rings is 1. The second-order valence-corrected chi connectivity index (χ2v) is 7.85. The van der Waals surface area contributed by atoms with E-state index in [-0.39, 0.29) is 10.9 Å². The molecule has 30 heavy (non-hydrogen) atoms. The van der Waals surface area contributed by atoms with Crippen molar-refractivity contribution >= 4 is 39.1 Å². The zero-order valence-electron chi connectivity index (χ0n) is 17.2. The number of amides is 1. The fourth-order valence-electron chi connectivity index (χ4n) is 3.21. The summed E-state index contributed by atoms with van der Waals surface area (Å²) >= 11 is 1.09. The van der Waals surface area contributed by atoms with E-state index in [1.54, 1.807) is 13.0 Å². The first kappa shape index (κ1) is 21.7. The Labute approximate surface area is 177 Å². The molecule has 1 unspecified atom stereocenters. The van der Waals surface area contributed by atoms with Crippen molar-refractivity contribution in [2.75, 3.05) is 19.0 Å². The van der Waals surface area contributed by atoms with Crippen LogP contribution in [0, 0.1) is 13.8 Å². The molecule has 9 heteroatoms. The number of nitrogens with zero attached hydrogens (tertiary/aromatic N) is 2. The Morgan fingerprint density at radius 2 is 2.07 bits per heavy atom. The number of aryl methyl sites for hydroxylation is 1. The Hall–Kier alpha value is -3.04. The molecule has 0 aliphatic heterocycles. The number of nitrogens with one attached hydrogen (secondary N) is 1. The maximum absolute atomic E-state index is 13.3. The number of aromatic nitrogens is 2. The zero-order chi connectivity index (χ0) is 22.0. The van der Waals surface area contributed by atoms with Crippen LogP contribution < -0.4 is 10.9 Å². The van der Waals surface area contributed by atoms with E-state index < -0.39 is 23.5 Å². The molecule has 1 aromatic carbocycles. The second-order valence-electron chi connectivity index (χ2n) is 6.99. The average molecular weight is 429 g/mol. The molecule has 0 aliphatic carbocycles. The van der Waals surface area contributed by atoms with Gasteiger partial charge in [0.05, 0.1) is 17.6 Å². The van der Waals surface area contributed by atoms with Gasteiger partial charge < -0.3 is 15.2 Å². The minimum Gasteiger partial charge on any atom is -0.478 e. The summed E-state index contributed by atoms with van der Waals surface area (Å²) in [5.41, 5.74) is 1.97. The van der Waals surface area contributed by atoms with Crippen molar-refractivity contribution in [2.45, 2.75) is 33.2 Å².